The normalized spacial score (nSPS) is 10.7. The molecule has 0 bridgehead atoms. The lowest BCUT2D eigenvalue weighted by atomic mass is 10.1. The fraction of sp³-hybridized carbons (Fsp3) is 0.120. The van der Waals surface area contributed by atoms with Gasteiger partial charge in [0, 0.05) is 16.3 Å². The van der Waals surface area contributed by atoms with E-state index in [9.17, 15) is 9.59 Å². The third-order valence-corrected chi connectivity index (χ3v) is 5.09. The molecule has 0 aliphatic rings. The number of halogens is 1. The number of benzene rings is 3. The topological polar surface area (TPSA) is 77.8 Å². The second kappa shape index (κ2) is 9.16. The molecule has 3 aromatic carbocycles. The van der Waals surface area contributed by atoms with Gasteiger partial charge in [-0.2, -0.15) is 0 Å². The fourth-order valence-corrected chi connectivity index (χ4v) is 3.34. The number of methoxy groups -OCH3 is 1. The van der Waals surface area contributed by atoms with Crippen molar-refractivity contribution in [3.63, 3.8) is 0 Å². The summed E-state index contributed by atoms with van der Waals surface area (Å²) in [5.41, 5.74) is 2.24. The van der Waals surface area contributed by atoms with Crippen LogP contribution in [0.4, 0.5) is 5.69 Å². The number of nitrogens with one attached hydrogen (secondary N) is 1. The molecule has 0 saturated carbocycles. The highest BCUT2D eigenvalue weighted by molar-refractivity contribution is 6.30. The minimum absolute atomic E-state index is 0.0298. The molecule has 4 rings (SSSR count). The van der Waals surface area contributed by atoms with Crippen molar-refractivity contribution in [3.8, 4) is 22.8 Å². The van der Waals surface area contributed by atoms with Crippen molar-refractivity contribution >= 4 is 34.2 Å². The maximum atomic E-state index is 13.2. The van der Waals surface area contributed by atoms with Gasteiger partial charge < -0.3 is 19.2 Å². The summed E-state index contributed by atoms with van der Waals surface area (Å²) in [6.45, 7) is 1.55. The summed E-state index contributed by atoms with van der Waals surface area (Å²) in [6.07, 6.45) is 0. The van der Waals surface area contributed by atoms with Gasteiger partial charge in [0.25, 0.3) is 5.91 Å². The summed E-state index contributed by atoms with van der Waals surface area (Å²) in [5.74, 6) is 0.460. The van der Waals surface area contributed by atoms with Crippen molar-refractivity contribution in [3.05, 3.63) is 87.5 Å². The Morgan fingerprint density at radius 3 is 2.44 bits per heavy atom. The van der Waals surface area contributed by atoms with Crippen molar-refractivity contribution in [1.82, 2.24) is 0 Å². The van der Waals surface area contributed by atoms with Gasteiger partial charge >= 0.3 is 0 Å². The van der Waals surface area contributed by atoms with E-state index in [1.807, 2.05) is 13.0 Å². The molecular formula is C25H20ClNO5. The Bertz CT molecular complexity index is 1330. The largest absolute Gasteiger partial charge is 0.497 e. The average Bonchev–Trinajstić information content (AvgIpc) is 2.79. The molecule has 1 N–H and O–H groups in total. The standard InChI is InChI=1S/C25H20ClNO5/c1-15-3-12-20-21(13-15)32-24(16-4-10-19(30-2)11-5-16)25(23(20)29)31-14-22(28)27-18-8-6-17(26)7-9-18/h3-13H,14H2,1-2H3,(H,27,28). The molecule has 32 heavy (non-hydrogen) atoms. The molecule has 162 valence electrons. The van der Waals surface area contributed by atoms with E-state index >= 15 is 0 Å². The van der Waals surface area contributed by atoms with Gasteiger partial charge in [0.2, 0.25) is 11.2 Å². The van der Waals surface area contributed by atoms with Crippen LogP contribution in [0.5, 0.6) is 11.5 Å². The second-order valence-corrected chi connectivity index (χ2v) is 7.60. The molecule has 0 radical (unpaired) electrons. The van der Waals surface area contributed by atoms with Crippen molar-refractivity contribution in [2.75, 3.05) is 19.0 Å². The average molecular weight is 450 g/mol. The summed E-state index contributed by atoms with van der Waals surface area (Å²) in [6, 6.07) is 19.0. The summed E-state index contributed by atoms with van der Waals surface area (Å²) in [5, 5.41) is 3.64. The van der Waals surface area contributed by atoms with Gasteiger partial charge in [-0.1, -0.05) is 17.7 Å². The number of carbonyl (C=O) groups is 1. The zero-order chi connectivity index (χ0) is 22.7. The minimum atomic E-state index is -0.420. The van der Waals surface area contributed by atoms with E-state index in [0.29, 0.717) is 33.0 Å². The monoisotopic (exact) mass is 449 g/mol. The van der Waals surface area contributed by atoms with Crippen LogP contribution in [-0.4, -0.2) is 19.6 Å². The molecule has 1 aromatic heterocycles. The summed E-state index contributed by atoms with van der Waals surface area (Å²) < 4.78 is 17.0. The first kappa shape index (κ1) is 21.5. The Labute approximate surface area is 189 Å². The molecule has 1 amide bonds. The van der Waals surface area contributed by atoms with Gasteiger partial charge in [-0.25, -0.2) is 0 Å². The van der Waals surface area contributed by atoms with Gasteiger partial charge in [0.15, 0.2) is 12.4 Å². The third-order valence-electron chi connectivity index (χ3n) is 4.83. The smallest absolute Gasteiger partial charge is 0.262 e. The highest BCUT2D eigenvalue weighted by Gasteiger charge is 2.19. The lowest BCUT2D eigenvalue weighted by molar-refractivity contribution is -0.118. The highest BCUT2D eigenvalue weighted by atomic mass is 35.5. The van der Waals surface area contributed by atoms with Crippen LogP contribution >= 0.6 is 11.6 Å². The zero-order valence-corrected chi connectivity index (χ0v) is 18.2. The number of ether oxygens (including phenoxy) is 2. The Balaban J connectivity index is 1.68. The van der Waals surface area contributed by atoms with E-state index in [1.54, 1.807) is 67.8 Å². The van der Waals surface area contributed by atoms with Gasteiger partial charge in [-0.3, -0.25) is 9.59 Å². The summed E-state index contributed by atoms with van der Waals surface area (Å²) in [7, 11) is 1.57. The first-order valence-electron chi connectivity index (χ1n) is 9.84. The molecule has 7 heteroatoms. The Hall–Kier alpha value is -3.77. The van der Waals surface area contributed by atoms with Crippen molar-refractivity contribution in [2.24, 2.45) is 0 Å². The van der Waals surface area contributed by atoms with Crippen LogP contribution in [0.25, 0.3) is 22.3 Å². The van der Waals surface area contributed by atoms with E-state index in [4.69, 9.17) is 25.5 Å². The molecule has 4 aromatic rings. The minimum Gasteiger partial charge on any atom is -0.497 e. The number of aryl methyl sites for hydroxylation is 1. The maximum absolute atomic E-state index is 13.2. The molecule has 0 fully saturated rings. The van der Waals surface area contributed by atoms with Crippen LogP contribution in [0, 0.1) is 6.92 Å². The Morgan fingerprint density at radius 2 is 1.75 bits per heavy atom. The fourth-order valence-electron chi connectivity index (χ4n) is 3.21. The predicted octanol–water partition coefficient (Wildman–Crippen LogP) is 5.45. The number of anilines is 1. The SMILES string of the molecule is COc1ccc(-c2oc3cc(C)ccc3c(=O)c2OCC(=O)Nc2ccc(Cl)cc2)cc1. The number of rotatable bonds is 6. The number of amides is 1. The summed E-state index contributed by atoms with van der Waals surface area (Å²) in [4.78, 5) is 25.6. The van der Waals surface area contributed by atoms with Gasteiger partial charge in [0.05, 0.1) is 12.5 Å². The van der Waals surface area contributed by atoms with Gasteiger partial charge in [-0.15, -0.1) is 0 Å². The number of fused-ring (bicyclic) bond motifs is 1. The van der Waals surface area contributed by atoms with E-state index in [-0.39, 0.29) is 23.5 Å². The van der Waals surface area contributed by atoms with Crippen molar-refractivity contribution in [2.45, 2.75) is 6.92 Å². The molecule has 1 heterocycles. The predicted molar refractivity (Wildman–Crippen MR) is 125 cm³/mol. The van der Waals surface area contributed by atoms with Crippen LogP contribution in [-0.2, 0) is 4.79 Å². The molecule has 0 aliphatic heterocycles. The number of hydrogen-bond acceptors (Lipinski definition) is 5. The molecular weight excluding hydrogens is 430 g/mol. The van der Waals surface area contributed by atoms with Gasteiger partial charge in [-0.05, 0) is 73.2 Å². The van der Waals surface area contributed by atoms with E-state index < -0.39 is 5.91 Å². The van der Waals surface area contributed by atoms with Crippen LogP contribution in [0.3, 0.4) is 0 Å². The number of hydrogen-bond donors (Lipinski definition) is 1. The van der Waals surface area contributed by atoms with E-state index in [2.05, 4.69) is 5.32 Å². The molecule has 0 unspecified atom stereocenters. The first-order valence-corrected chi connectivity index (χ1v) is 10.2. The summed E-state index contributed by atoms with van der Waals surface area (Å²) >= 11 is 5.87. The Morgan fingerprint density at radius 1 is 1.03 bits per heavy atom. The quantitative estimate of drug-likeness (QED) is 0.423. The van der Waals surface area contributed by atoms with Crippen LogP contribution < -0.4 is 20.2 Å². The van der Waals surface area contributed by atoms with Crippen molar-refractivity contribution in [1.29, 1.82) is 0 Å². The van der Waals surface area contributed by atoms with E-state index in [0.717, 1.165) is 5.56 Å². The zero-order valence-electron chi connectivity index (χ0n) is 17.5. The van der Waals surface area contributed by atoms with Crippen LogP contribution in [0.2, 0.25) is 5.02 Å². The third kappa shape index (κ3) is 4.60. The lowest BCUT2D eigenvalue weighted by Gasteiger charge is -2.12. The maximum Gasteiger partial charge on any atom is 0.262 e. The van der Waals surface area contributed by atoms with Crippen LogP contribution in [0.15, 0.2) is 75.9 Å². The van der Waals surface area contributed by atoms with Crippen molar-refractivity contribution < 1.29 is 18.7 Å². The molecule has 0 aliphatic carbocycles. The molecule has 0 atom stereocenters. The molecule has 0 spiro atoms. The van der Waals surface area contributed by atoms with Crippen LogP contribution in [0.1, 0.15) is 5.56 Å². The Kier molecular flexibility index (Phi) is 6.14. The number of carbonyl (C=O) groups excluding carboxylic acids is 1. The molecule has 0 saturated heterocycles. The molecule has 6 nitrogen and oxygen atoms in total. The second-order valence-electron chi connectivity index (χ2n) is 7.16. The lowest BCUT2D eigenvalue weighted by Crippen LogP contribution is -2.22. The highest BCUT2D eigenvalue weighted by Crippen LogP contribution is 2.32. The van der Waals surface area contributed by atoms with Gasteiger partial charge in [0.1, 0.15) is 11.3 Å². The first-order chi connectivity index (χ1) is 15.4. The van der Waals surface area contributed by atoms with E-state index in [1.165, 1.54) is 0 Å².